The minimum absolute atomic E-state index is 0.148. The summed E-state index contributed by atoms with van der Waals surface area (Å²) in [6.07, 6.45) is 4.10. The van der Waals surface area contributed by atoms with E-state index in [1.54, 1.807) is 6.07 Å². The number of rotatable bonds is 6. The van der Waals surface area contributed by atoms with Gasteiger partial charge in [-0.2, -0.15) is 0 Å². The molecule has 0 saturated heterocycles. The van der Waals surface area contributed by atoms with E-state index in [1.165, 1.54) is 11.6 Å². The van der Waals surface area contributed by atoms with E-state index in [9.17, 15) is 4.39 Å². The van der Waals surface area contributed by atoms with Gasteiger partial charge in [-0.1, -0.05) is 31.6 Å². The van der Waals surface area contributed by atoms with Gasteiger partial charge in [0.1, 0.15) is 5.82 Å². The van der Waals surface area contributed by atoms with Crippen LogP contribution in [0.4, 0.5) is 4.39 Å². The zero-order chi connectivity index (χ0) is 13.5. The van der Waals surface area contributed by atoms with Gasteiger partial charge in [0.25, 0.3) is 0 Å². The molecule has 1 rings (SSSR count). The average molecular weight is 249 g/mol. The highest BCUT2D eigenvalue weighted by Gasteiger charge is 2.01. The first-order valence-corrected chi connectivity index (χ1v) is 6.63. The van der Waals surface area contributed by atoms with Crippen molar-refractivity contribution in [2.24, 2.45) is 0 Å². The molecule has 0 heterocycles. The van der Waals surface area contributed by atoms with E-state index in [2.05, 4.69) is 32.2 Å². The second-order valence-electron chi connectivity index (χ2n) is 5.20. The molecule has 18 heavy (non-hydrogen) atoms. The van der Waals surface area contributed by atoms with Gasteiger partial charge in [-0.05, 0) is 56.5 Å². The second kappa shape index (κ2) is 7.32. The molecule has 0 spiro atoms. The molecule has 0 amide bonds. The van der Waals surface area contributed by atoms with Gasteiger partial charge in [-0.25, -0.2) is 4.39 Å². The Kier molecular flexibility index (Phi) is 6.06. The topological polar surface area (TPSA) is 12.0 Å². The highest BCUT2D eigenvalue weighted by molar-refractivity contribution is 5.30. The Labute approximate surface area is 110 Å². The largest absolute Gasteiger partial charge is 0.314 e. The first-order valence-electron chi connectivity index (χ1n) is 6.63. The summed E-state index contributed by atoms with van der Waals surface area (Å²) >= 11 is 0. The summed E-state index contributed by atoms with van der Waals surface area (Å²) in [7, 11) is 0. The van der Waals surface area contributed by atoms with E-state index >= 15 is 0 Å². The van der Waals surface area contributed by atoms with E-state index in [0.717, 1.165) is 30.5 Å². The Morgan fingerprint density at radius 1 is 1.39 bits per heavy atom. The predicted molar refractivity (Wildman–Crippen MR) is 76.4 cm³/mol. The van der Waals surface area contributed by atoms with Gasteiger partial charge in [-0.15, -0.1) is 0 Å². The Balaban J connectivity index is 2.50. The summed E-state index contributed by atoms with van der Waals surface area (Å²) < 4.78 is 13.2. The van der Waals surface area contributed by atoms with Crippen LogP contribution in [0.5, 0.6) is 0 Å². The van der Waals surface area contributed by atoms with Crippen molar-refractivity contribution in [1.29, 1.82) is 0 Å². The zero-order valence-corrected chi connectivity index (χ0v) is 11.9. The normalized spacial score (nSPS) is 12.2. The number of aryl methyl sites for hydroxylation is 1. The highest BCUT2D eigenvalue weighted by Crippen LogP contribution is 2.14. The van der Waals surface area contributed by atoms with Crippen molar-refractivity contribution in [3.05, 3.63) is 46.8 Å². The van der Waals surface area contributed by atoms with Gasteiger partial charge in [0.15, 0.2) is 0 Å². The van der Waals surface area contributed by atoms with Crippen molar-refractivity contribution in [2.75, 3.05) is 6.54 Å². The Bertz CT molecular complexity index is 408. The van der Waals surface area contributed by atoms with Crippen LogP contribution in [0.3, 0.4) is 0 Å². The van der Waals surface area contributed by atoms with Crippen LogP contribution >= 0.6 is 0 Å². The van der Waals surface area contributed by atoms with Gasteiger partial charge >= 0.3 is 0 Å². The molecule has 1 nitrogen and oxygen atoms in total. The maximum atomic E-state index is 13.2. The van der Waals surface area contributed by atoms with E-state index in [1.807, 2.05) is 13.0 Å². The number of halogens is 1. The van der Waals surface area contributed by atoms with Crippen LogP contribution in [0.2, 0.25) is 0 Å². The van der Waals surface area contributed by atoms with E-state index < -0.39 is 0 Å². The lowest BCUT2D eigenvalue weighted by Crippen LogP contribution is -2.23. The van der Waals surface area contributed by atoms with Gasteiger partial charge in [0.05, 0.1) is 0 Å². The van der Waals surface area contributed by atoms with E-state index in [4.69, 9.17) is 0 Å². The summed E-state index contributed by atoms with van der Waals surface area (Å²) in [4.78, 5) is 0. The SMILES string of the molecule is C/C(=C/CCNC(C)C)Cc1cc(F)ccc1C. The summed E-state index contributed by atoms with van der Waals surface area (Å²) in [6.45, 7) is 9.43. The molecule has 0 aliphatic carbocycles. The van der Waals surface area contributed by atoms with Crippen LogP contribution in [-0.4, -0.2) is 12.6 Å². The van der Waals surface area contributed by atoms with Crippen LogP contribution in [-0.2, 0) is 6.42 Å². The Morgan fingerprint density at radius 3 is 2.78 bits per heavy atom. The third-order valence-corrected chi connectivity index (χ3v) is 2.97. The number of benzene rings is 1. The minimum atomic E-state index is -0.148. The molecule has 100 valence electrons. The summed E-state index contributed by atoms with van der Waals surface area (Å²) in [5.74, 6) is -0.148. The lowest BCUT2D eigenvalue weighted by atomic mass is 10.0. The van der Waals surface area contributed by atoms with Crippen LogP contribution in [0.15, 0.2) is 29.8 Å². The van der Waals surface area contributed by atoms with Crippen LogP contribution in [0.25, 0.3) is 0 Å². The third kappa shape index (κ3) is 5.46. The molecular weight excluding hydrogens is 225 g/mol. The maximum Gasteiger partial charge on any atom is 0.123 e. The molecule has 0 atom stereocenters. The molecule has 0 saturated carbocycles. The first kappa shape index (κ1) is 14.9. The van der Waals surface area contributed by atoms with Gasteiger partial charge in [-0.3, -0.25) is 0 Å². The van der Waals surface area contributed by atoms with E-state index in [0.29, 0.717) is 6.04 Å². The number of hydrogen-bond acceptors (Lipinski definition) is 1. The predicted octanol–water partition coefficient (Wildman–Crippen LogP) is 4.01. The fourth-order valence-electron chi connectivity index (χ4n) is 1.89. The quantitative estimate of drug-likeness (QED) is 0.593. The van der Waals surface area contributed by atoms with Gasteiger partial charge in [0, 0.05) is 6.04 Å². The van der Waals surface area contributed by atoms with Crippen molar-refractivity contribution < 1.29 is 4.39 Å². The fraction of sp³-hybridized carbons (Fsp3) is 0.500. The maximum absolute atomic E-state index is 13.2. The van der Waals surface area contributed by atoms with Crippen molar-refractivity contribution in [1.82, 2.24) is 5.32 Å². The third-order valence-electron chi connectivity index (χ3n) is 2.97. The highest BCUT2D eigenvalue weighted by atomic mass is 19.1. The molecule has 1 N–H and O–H groups in total. The molecule has 1 aromatic carbocycles. The molecule has 2 heteroatoms. The molecule has 0 unspecified atom stereocenters. The molecule has 0 aliphatic rings. The molecule has 0 fully saturated rings. The summed E-state index contributed by atoms with van der Waals surface area (Å²) in [6, 6.07) is 5.53. The molecule has 0 aromatic heterocycles. The molecule has 0 aliphatic heterocycles. The number of hydrogen-bond donors (Lipinski definition) is 1. The standard InChI is InChI=1S/C16H24FN/c1-12(2)18-9-5-6-13(3)10-15-11-16(17)8-7-14(15)4/h6-8,11-12,18H,5,9-10H2,1-4H3/b13-6-. The van der Waals surface area contributed by atoms with Crippen molar-refractivity contribution >= 4 is 0 Å². The summed E-state index contributed by atoms with van der Waals surface area (Å²) in [5.41, 5.74) is 3.54. The number of nitrogens with one attached hydrogen (secondary N) is 1. The van der Waals surface area contributed by atoms with Crippen molar-refractivity contribution in [3.8, 4) is 0 Å². The molecule has 1 aromatic rings. The molecule has 0 radical (unpaired) electrons. The summed E-state index contributed by atoms with van der Waals surface area (Å²) in [5, 5.41) is 3.38. The monoisotopic (exact) mass is 249 g/mol. The van der Waals surface area contributed by atoms with Crippen LogP contribution < -0.4 is 5.32 Å². The second-order valence-corrected chi connectivity index (χ2v) is 5.20. The van der Waals surface area contributed by atoms with Crippen LogP contribution in [0.1, 0.15) is 38.3 Å². The zero-order valence-electron chi connectivity index (χ0n) is 11.9. The van der Waals surface area contributed by atoms with Crippen molar-refractivity contribution in [3.63, 3.8) is 0 Å². The average Bonchev–Trinajstić information content (AvgIpc) is 2.29. The van der Waals surface area contributed by atoms with Gasteiger partial charge < -0.3 is 5.32 Å². The van der Waals surface area contributed by atoms with Crippen molar-refractivity contribution in [2.45, 2.75) is 46.6 Å². The van der Waals surface area contributed by atoms with Crippen LogP contribution in [0, 0.1) is 12.7 Å². The smallest absolute Gasteiger partial charge is 0.123 e. The minimum Gasteiger partial charge on any atom is -0.314 e. The fourth-order valence-corrected chi connectivity index (χ4v) is 1.89. The lowest BCUT2D eigenvalue weighted by Gasteiger charge is -2.08. The molecule has 0 bridgehead atoms. The first-order chi connectivity index (χ1) is 8.49. The van der Waals surface area contributed by atoms with Gasteiger partial charge in [0.2, 0.25) is 0 Å². The Hall–Kier alpha value is -1.15. The Morgan fingerprint density at radius 2 is 2.11 bits per heavy atom. The van der Waals surface area contributed by atoms with E-state index in [-0.39, 0.29) is 5.82 Å². The molecular formula is C16H24FN. The number of allylic oxidation sites excluding steroid dienone is 1. The lowest BCUT2D eigenvalue weighted by molar-refractivity contribution is 0.594.